The van der Waals surface area contributed by atoms with Crippen molar-refractivity contribution in [2.75, 3.05) is 13.1 Å². The summed E-state index contributed by atoms with van der Waals surface area (Å²) in [5, 5.41) is 10.4. The molecule has 2 N–H and O–H groups in total. The minimum atomic E-state index is -0.231. The van der Waals surface area contributed by atoms with Gasteiger partial charge in [-0.1, -0.05) is 38.8 Å². The molecule has 1 heterocycles. The number of rotatable bonds is 9. The van der Waals surface area contributed by atoms with Gasteiger partial charge in [0.05, 0.1) is 5.69 Å². The third kappa shape index (κ3) is 6.35. The van der Waals surface area contributed by atoms with Gasteiger partial charge < -0.3 is 10.6 Å². The molecule has 6 nitrogen and oxygen atoms in total. The van der Waals surface area contributed by atoms with Gasteiger partial charge in [0.25, 0.3) is 0 Å². The zero-order chi connectivity index (χ0) is 18.1. The van der Waals surface area contributed by atoms with Crippen LogP contribution in [0.5, 0.6) is 0 Å². The Labute approximate surface area is 148 Å². The lowest BCUT2D eigenvalue weighted by Gasteiger charge is -2.07. The second kappa shape index (κ2) is 10.1. The van der Waals surface area contributed by atoms with Crippen molar-refractivity contribution >= 4 is 29.5 Å². The standard InChI is InChI=1S/C17H27ClN4O2/c1-5-6-11-22-16(18)14(13(4)21-22)7-8-15(23)19-9-10-20-17(24)12(2)3/h7-8,12H,5-6,9-11H2,1-4H3,(H,19,23)(H,20,24)/b8-7+. The van der Waals surface area contributed by atoms with E-state index in [0.717, 1.165) is 30.6 Å². The summed E-state index contributed by atoms with van der Waals surface area (Å²) < 4.78 is 1.76. The predicted molar refractivity (Wildman–Crippen MR) is 96.8 cm³/mol. The van der Waals surface area contributed by atoms with E-state index in [-0.39, 0.29) is 17.7 Å². The molecule has 1 rings (SSSR count). The highest BCUT2D eigenvalue weighted by Gasteiger charge is 2.11. The molecule has 0 aliphatic rings. The summed E-state index contributed by atoms with van der Waals surface area (Å²) in [4.78, 5) is 23.2. The fourth-order valence-corrected chi connectivity index (χ4v) is 2.33. The second-order valence-corrected chi connectivity index (χ2v) is 6.29. The number of halogens is 1. The lowest BCUT2D eigenvalue weighted by Crippen LogP contribution is -2.35. The van der Waals surface area contributed by atoms with Gasteiger partial charge in [-0.2, -0.15) is 5.10 Å². The summed E-state index contributed by atoms with van der Waals surface area (Å²) in [5.74, 6) is -0.317. The second-order valence-electron chi connectivity index (χ2n) is 5.94. The zero-order valence-electron chi connectivity index (χ0n) is 14.9. The van der Waals surface area contributed by atoms with Crippen LogP contribution in [0.15, 0.2) is 6.08 Å². The van der Waals surface area contributed by atoms with Gasteiger partial charge in [0, 0.05) is 37.2 Å². The fraction of sp³-hybridized carbons (Fsp3) is 0.588. The van der Waals surface area contributed by atoms with Crippen molar-refractivity contribution in [2.45, 2.75) is 47.1 Å². The first kappa shape index (κ1) is 20.2. The number of aryl methyl sites for hydroxylation is 2. The van der Waals surface area contributed by atoms with Crippen LogP contribution in [0.4, 0.5) is 0 Å². The molecular weight excluding hydrogens is 328 g/mol. The molecule has 1 aromatic rings. The smallest absolute Gasteiger partial charge is 0.244 e. The topological polar surface area (TPSA) is 76.0 Å². The summed E-state index contributed by atoms with van der Waals surface area (Å²) in [6, 6.07) is 0. The summed E-state index contributed by atoms with van der Waals surface area (Å²) in [6.07, 6.45) is 5.18. The number of nitrogens with one attached hydrogen (secondary N) is 2. The van der Waals surface area contributed by atoms with Crippen LogP contribution in [-0.2, 0) is 16.1 Å². The van der Waals surface area contributed by atoms with Crippen LogP contribution in [0, 0.1) is 12.8 Å². The first-order valence-electron chi connectivity index (χ1n) is 8.33. The Morgan fingerprint density at radius 1 is 1.29 bits per heavy atom. The Hall–Kier alpha value is -1.82. The molecule has 0 aliphatic carbocycles. The van der Waals surface area contributed by atoms with E-state index >= 15 is 0 Å². The predicted octanol–water partition coefficient (Wildman–Crippen LogP) is 2.55. The van der Waals surface area contributed by atoms with Gasteiger partial charge in [-0.05, 0) is 19.4 Å². The molecule has 2 amide bonds. The van der Waals surface area contributed by atoms with Crippen molar-refractivity contribution in [2.24, 2.45) is 5.92 Å². The molecule has 0 atom stereocenters. The van der Waals surface area contributed by atoms with Crippen LogP contribution in [0.2, 0.25) is 5.15 Å². The highest BCUT2D eigenvalue weighted by atomic mass is 35.5. The van der Waals surface area contributed by atoms with Gasteiger partial charge in [-0.3, -0.25) is 14.3 Å². The van der Waals surface area contributed by atoms with E-state index < -0.39 is 0 Å². The van der Waals surface area contributed by atoms with Crippen molar-refractivity contribution in [1.29, 1.82) is 0 Å². The van der Waals surface area contributed by atoms with Crippen LogP contribution < -0.4 is 10.6 Å². The van der Waals surface area contributed by atoms with E-state index in [4.69, 9.17) is 11.6 Å². The summed E-state index contributed by atoms with van der Waals surface area (Å²) in [7, 11) is 0. The summed E-state index contributed by atoms with van der Waals surface area (Å²) in [5.41, 5.74) is 1.56. The molecule has 0 bridgehead atoms. The Morgan fingerprint density at radius 2 is 1.96 bits per heavy atom. The Bertz CT molecular complexity index is 594. The molecule has 0 fully saturated rings. The monoisotopic (exact) mass is 354 g/mol. The van der Waals surface area contributed by atoms with Crippen molar-refractivity contribution in [3.05, 3.63) is 22.5 Å². The van der Waals surface area contributed by atoms with Crippen LogP contribution in [0.25, 0.3) is 6.08 Å². The van der Waals surface area contributed by atoms with Gasteiger partial charge in [-0.25, -0.2) is 0 Å². The van der Waals surface area contributed by atoms with E-state index in [1.165, 1.54) is 6.08 Å². The van der Waals surface area contributed by atoms with Gasteiger partial charge in [0.15, 0.2) is 0 Å². The van der Waals surface area contributed by atoms with Crippen LogP contribution >= 0.6 is 11.6 Å². The number of carbonyl (C=O) groups excluding carboxylic acids is 2. The molecule has 7 heteroatoms. The van der Waals surface area contributed by atoms with E-state index in [1.807, 2.05) is 20.8 Å². The van der Waals surface area contributed by atoms with Crippen LogP contribution in [-0.4, -0.2) is 34.7 Å². The first-order valence-corrected chi connectivity index (χ1v) is 8.71. The minimum Gasteiger partial charge on any atom is -0.354 e. The third-order valence-electron chi connectivity index (χ3n) is 3.48. The van der Waals surface area contributed by atoms with Crippen LogP contribution in [0.1, 0.15) is 44.9 Å². The third-order valence-corrected chi connectivity index (χ3v) is 3.88. The Balaban J connectivity index is 2.49. The highest BCUT2D eigenvalue weighted by molar-refractivity contribution is 6.31. The van der Waals surface area contributed by atoms with Gasteiger partial charge in [-0.15, -0.1) is 0 Å². The molecule has 0 radical (unpaired) electrons. The van der Waals surface area contributed by atoms with Crippen molar-refractivity contribution in [1.82, 2.24) is 20.4 Å². The lowest BCUT2D eigenvalue weighted by molar-refractivity contribution is -0.124. The summed E-state index contributed by atoms with van der Waals surface area (Å²) >= 11 is 6.31. The molecule has 0 saturated heterocycles. The van der Waals surface area contributed by atoms with E-state index in [2.05, 4.69) is 22.7 Å². The fourth-order valence-electron chi connectivity index (χ4n) is 2.01. The SMILES string of the molecule is CCCCn1nc(C)c(/C=C/C(=O)NCCNC(=O)C(C)C)c1Cl. The normalized spacial score (nSPS) is 11.2. The minimum absolute atomic E-state index is 0.0262. The number of amides is 2. The number of aromatic nitrogens is 2. The maximum Gasteiger partial charge on any atom is 0.244 e. The maximum atomic E-state index is 11.8. The van der Waals surface area contributed by atoms with Crippen molar-refractivity contribution in [3.63, 3.8) is 0 Å². The van der Waals surface area contributed by atoms with E-state index in [1.54, 1.807) is 10.8 Å². The molecule has 0 aromatic carbocycles. The number of unbranched alkanes of at least 4 members (excludes halogenated alkanes) is 1. The molecular formula is C17H27ClN4O2. The van der Waals surface area contributed by atoms with Crippen LogP contribution in [0.3, 0.4) is 0 Å². The molecule has 0 saturated carbocycles. The Morgan fingerprint density at radius 3 is 2.58 bits per heavy atom. The quantitative estimate of drug-likeness (QED) is 0.528. The molecule has 134 valence electrons. The van der Waals surface area contributed by atoms with Gasteiger partial charge >= 0.3 is 0 Å². The molecule has 0 spiro atoms. The van der Waals surface area contributed by atoms with Gasteiger partial charge in [0.1, 0.15) is 5.15 Å². The first-order chi connectivity index (χ1) is 11.4. The van der Waals surface area contributed by atoms with Crippen molar-refractivity contribution < 1.29 is 9.59 Å². The maximum absolute atomic E-state index is 11.8. The molecule has 1 aromatic heterocycles. The largest absolute Gasteiger partial charge is 0.354 e. The number of nitrogens with zero attached hydrogens (tertiary/aromatic N) is 2. The lowest BCUT2D eigenvalue weighted by atomic mass is 10.2. The zero-order valence-corrected chi connectivity index (χ0v) is 15.6. The highest BCUT2D eigenvalue weighted by Crippen LogP contribution is 2.21. The molecule has 24 heavy (non-hydrogen) atoms. The van der Waals surface area contributed by atoms with Gasteiger partial charge in [0.2, 0.25) is 11.8 Å². The van der Waals surface area contributed by atoms with E-state index in [0.29, 0.717) is 18.2 Å². The van der Waals surface area contributed by atoms with E-state index in [9.17, 15) is 9.59 Å². The molecule has 0 unspecified atom stereocenters. The Kier molecular flexibility index (Phi) is 8.54. The van der Waals surface area contributed by atoms with Crippen molar-refractivity contribution in [3.8, 4) is 0 Å². The average molecular weight is 355 g/mol. The molecule has 0 aliphatic heterocycles. The number of hydrogen-bond acceptors (Lipinski definition) is 3. The average Bonchev–Trinajstić information content (AvgIpc) is 2.81. The number of carbonyl (C=O) groups is 2. The number of hydrogen-bond donors (Lipinski definition) is 2. The summed E-state index contributed by atoms with van der Waals surface area (Å²) in [6.45, 7) is 9.18.